The minimum atomic E-state index is -1.82. The molecule has 1 aromatic carbocycles. The molecule has 0 amide bonds. The van der Waals surface area contributed by atoms with Gasteiger partial charge in [0, 0.05) is 26.2 Å². The Morgan fingerprint density at radius 3 is 2.15 bits per heavy atom. The highest BCUT2D eigenvalue weighted by Crippen LogP contribution is 2.18. The van der Waals surface area contributed by atoms with Crippen LogP contribution in [0.1, 0.15) is 30.1 Å². The molecule has 1 aliphatic heterocycles. The predicted octanol–water partition coefficient (Wildman–Crippen LogP) is 1.45. The maximum atomic E-state index is 11.5. The van der Waals surface area contributed by atoms with Crippen molar-refractivity contribution in [1.29, 1.82) is 0 Å². The summed E-state index contributed by atoms with van der Waals surface area (Å²) in [7, 11) is 2.18. The van der Waals surface area contributed by atoms with Gasteiger partial charge in [-0.3, -0.25) is 4.79 Å². The Morgan fingerprint density at radius 1 is 1.00 bits per heavy atom. The predicted molar refractivity (Wildman–Crippen MR) is 100 cm³/mol. The van der Waals surface area contributed by atoms with Crippen LogP contribution in [0.3, 0.4) is 0 Å². The first kappa shape index (κ1) is 22.6. The van der Waals surface area contributed by atoms with Crippen molar-refractivity contribution in [2.75, 3.05) is 46.4 Å². The second-order valence-corrected chi connectivity index (χ2v) is 6.36. The van der Waals surface area contributed by atoms with Crippen molar-refractivity contribution in [3.8, 4) is 5.75 Å². The third kappa shape index (κ3) is 9.16. The molecule has 0 unspecified atom stereocenters. The zero-order valence-corrected chi connectivity index (χ0v) is 15.9. The number of carbonyl (C=O) groups is 3. The molecule has 2 N–H and O–H groups in total. The molecule has 150 valence electrons. The number of benzene rings is 1. The first-order valence-electron chi connectivity index (χ1n) is 8.91. The van der Waals surface area contributed by atoms with E-state index in [2.05, 4.69) is 16.8 Å². The van der Waals surface area contributed by atoms with Gasteiger partial charge >= 0.3 is 11.9 Å². The molecule has 0 bridgehead atoms. The highest BCUT2D eigenvalue weighted by Gasteiger charge is 2.13. The third-order valence-corrected chi connectivity index (χ3v) is 4.17. The highest BCUT2D eigenvalue weighted by molar-refractivity contribution is 6.27. The molecular formula is C19H28N2O6. The number of ketones is 1. The number of carboxylic acids is 2. The van der Waals surface area contributed by atoms with Crippen LogP contribution in [0, 0.1) is 0 Å². The van der Waals surface area contributed by atoms with Gasteiger partial charge in [0.15, 0.2) is 5.78 Å². The lowest BCUT2D eigenvalue weighted by Crippen LogP contribution is -2.44. The topological polar surface area (TPSA) is 107 Å². The number of ether oxygens (including phenoxy) is 1. The van der Waals surface area contributed by atoms with Crippen LogP contribution >= 0.6 is 0 Å². The van der Waals surface area contributed by atoms with E-state index in [0.717, 1.165) is 19.4 Å². The van der Waals surface area contributed by atoms with Crippen molar-refractivity contribution >= 4 is 17.7 Å². The van der Waals surface area contributed by atoms with Crippen molar-refractivity contribution in [3.63, 3.8) is 0 Å². The van der Waals surface area contributed by atoms with Crippen molar-refractivity contribution in [2.45, 2.75) is 19.8 Å². The maximum absolute atomic E-state index is 11.5. The third-order valence-electron chi connectivity index (χ3n) is 4.17. The van der Waals surface area contributed by atoms with Crippen molar-refractivity contribution in [3.05, 3.63) is 29.8 Å². The van der Waals surface area contributed by atoms with Crippen LogP contribution in [-0.4, -0.2) is 84.1 Å². The van der Waals surface area contributed by atoms with Gasteiger partial charge in [-0.2, -0.15) is 0 Å². The number of Topliss-reactive ketones (excluding diaryl/α,β-unsaturated/α-hetero) is 1. The monoisotopic (exact) mass is 380 g/mol. The van der Waals surface area contributed by atoms with Crippen LogP contribution < -0.4 is 4.74 Å². The van der Waals surface area contributed by atoms with Crippen LogP contribution in [0.4, 0.5) is 0 Å². The van der Waals surface area contributed by atoms with E-state index in [1.165, 1.54) is 26.2 Å². The molecule has 8 nitrogen and oxygen atoms in total. The summed E-state index contributed by atoms with van der Waals surface area (Å²) in [5, 5.41) is 14.8. The van der Waals surface area contributed by atoms with Gasteiger partial charge in [0.25, 0.3) is 0 Å². The normalized spacial score (nSPS) is 14.7. The molecule has 1 heterocycles. The first-order valence-corrected chi connectivity index (χ1v) is 8.91. The number of aliphatic carboxylic acids is 2. The molecule has 1 aromatic rings. The average molecular weight is 380 g/mol. The summed E-state index contributed by atoms with van der Waals surface area (Å²) in [5.74, 6) is -2.88. The average Bonchev–Trinajstić information content (AvgIpc) is 2.63. The fourth-order valence-electron chi connectivity index (χ4n) is 2.57. The van der Waals surface area contributed by atoms with Crippen LogP contribution in [-0.2, 0) is 9.59 Å². The van der Waals surface area contributed by atoms with Crippen molar-refractivity contribution in [1.82, 2.24) is 9.80 Å². The lowest BCUT2D eigenvalue weighted by Gasteiger charge is -2.32. The number of nitrogens with zero attached hydrogens (tertiary/aromatic N) is 2. The number of carbonyl (C=O) groups excluding carboxylic acids is 1. The lowest BCUT2D eigenvalue weighted by atomic mass is 10.1. The lowest BCUT2D eigenvalue weighted by molar-refractivity contribution is -0.159. The molecule has 1 aliphatic rings. The quantitative estimate of drug-likeness (QED) is 0.416. The molecule has 27 heavy (non-hydrogen) atoms. The van der Waals surface area contributed by atoms with Crippen LogP contribution in [0.2, 0.25) is 0 Å². The second-order valence-electron chi connectivity index (χ2n) is 6.36. The van der Waals surface area contributed by atoms with Gasteiger partial charge in [-0.1, -0.05) is 12.1 Å². The molecule has 8 heteroatoms. The van der Waals surface area contributed by atoms with Gasteiger partial charge < -0.3 is 24.7 Å². The Bertz CT molecular complexity index is 614. The maximum Gasteiger partial charge on any atom is 0.414 e. The van der Waals surface area contributed by atoms with E-state index in [1.54, 1.807) is 6.92 Å². The van der Waals surface area contributed by atoms with Gasteiger partial charge in [0.2, 0.25) is 0 Å². The van der Waals surface area contributed by atoms with E-state index in [-0.39, 0.29) is 5.78 Å². The molecule has 1 saturated heterocycles. The van der Waals surface area contributed by atoms with E-state index >= 15 is 0 Å². The number of carboxylic acid groups (broad SMARTS) is 2. The van der Waals surface area contributed by atoms with Gasteiger partial charge in [0.1, 0.15) is 5.75 Å². The molecule has 0 atom stereocenters. The zero-order valence-electron chi connectivity index (χ0n) is 15.9. The fourth-order valence-corrected chi connectivity index (χ4v) is 2.57. The number of likely N-dealkylation sites (N-methyl/N-ethyl adjacent to an activating group) is 1. The standard InChI is InChI=1S/C17H26N2O2.C2H2O4/c1-15(20)16-7-3-4-8-17(16)21-14-6-5-9-19-12-10-18(2)11-13-19;3-1(4)2(5)6/h3-4,7-8H,5-6,9-14H2,1-2H3;(H,3,4)(H,5,6). The molecule has 0 aliphatic carbocycles. The summed E-state index contributed by atoms with van der Waals surface area (Å²) in [6.07, 6.45) is 2.17. The Hall–Kier alpha value is -2.45. The van der Waals surface area contributed by atoms with Gasteiger partial charge in [0.05, 0.1) is 12.2 Å². The summed E-state index contributed by atoms with van der Waals surface area (Å²) in [6, 6.07) is 7.47. The largest absolute Gasteiger partial charge is 0.493 e. The summed E-state index contributed by atoms with van der Waals surface area (Å²) >= 11 is 0. The summed E-state index contributed by atoms with van der Waals surface area (Å²) in [6.45, 7) is 8.08. The Kier molecular flexibility index (Phi) is 10.1. The fraction of sp³-hybridized carbons (Fsp3) is 0.526. The smallest absolute Gasteiger partial charge is 0.414 e. The minimum absolute atomic E-state index is 0.0584. The molecular weight excluding hydrogens is 352 g/mol. The molecule has 0 spiro atoms. The van der Waals surface area contributed by atoms with Gasteiger partial charge in [-0.15, -0.1) is 0 Å². The Balaban J connectivity index is 0.000000527. The number of piperazine rings is 1. The number of hydrogen-bond donors (Lipinski definition) is 2. The SMILES string of the molecule is CC(=O)c1ccccc1OCCCCN1CCN(C)CC1.O=C(O)C(=O)O. The minimum Gasteiger partial charge on any atom is -0.493 e. The van der Waals surface area contributed by atoms with E-state index < -0.39 is 11.9 Å². The number of unbranched alkanes of at least 4 members (excludes halogenated alkanes) is 1. The second kappa shape index (κ2) is 12.0. The molecule has 0 saturated carbocycles. The van der Waals surface area contributed by atoms with Crippen LogP contribution in [0.15, 0.2) is 24.3 Å². The van der Waals surface area contributed by atoms with E-state index in [9.17, 15) is 4.79 Å². The van der Waals surface area contributed by atoms with E-state index in [0.29, 0.717) is 17.9 Å². The van der Waals surface area contributed by atoms with E-state index in [1.807, 2.05) is 24.3 Å². The van der Waals surface area contributed by atoms with Crippen molar-refractivity contribution < 1.29 is 29.3 Å². The Labute approximate surface area is 159 Å². The number of para-hydroxylation sites is 1. The molecule has 2 rings (SSSR count). The molecule has 0 radical (unpaired) electrons. The molecule has 1 fully saturated rings. The number of hydrogen-bond acceptors (Lipinski definition) is 6. The number of rotatable bonds is 7. The van der Waals surface area contributed by atoms with Crippen molar-refractivity contribution in [2.24, 2.45) is 0 Å². The summed E-state index contributed by atoms with van der Waals surface area (Å²) in [4.78, 5) is 34.6. The summed E-state index contributed by atoms with van der Waals surface area (Å²) in [5.41, 5.74) is 0.677. The van der Waals surface area contributed by atoms with Gasteiger partial charge in [-0.05, 0) is 45.5 Å². The summed E-state index contributed by atoms with van der Waals surface area (Å²) < 4.78 is 5.76. The van der Waals surface area contributed by atoms with Gasteiger partial charge in [-0.25, -0.2) is 9.59 Å². The molecule has 0 aromatic heterocycles. The van der Waals surface area contributed by atoms with Crippen LogP contribution in [0.25, 0.3) is 0 Å². The Morgan fingerprint density at radius 2 is 1.59 bits per heavy atom. The highest BCUT2D eigenvalue weighted by atomic mass is 16.5. The van der Waals surface area contributed by atoms with Crippen LogP contribution in [0.5, 0.6) is 5.75 Å². The first-order chi connectivity index (χ1) is 12.8. The van der Waals surface area contributed by atoms with E-state index in [4.69, 9.17) is 24.5 Å². The zero-order chi connectivity index (χ0) is 20.2.